The Morgan fingerprint density at radius 2 is 1.75 bits per heavy atom. The Bertz CT molecular complexity index is 855. The Morgan fingerprint density at radius 3 is 2.58 bits per heavy atom. The molecule has 0 aliphatic heterocycles. The number of aliphatic hydroxyl groups is 1. The summed E-state index contributed by atoms with van der Waals surface area (Å²) in [5.41, 5.74) is 1.25. The van der Waals surface area contributed by atoms with Gasteiger partial charge in [-0.2, -0.15) is 0 Å². The second-order valence-electron chi connectivity index (χ2n) is 5.49. The highest BCUT2D eigenvalue weighted by Crippen LogP contribution is 2.24. The van der Waals surface area contributed by atoms with E-state index in [0.29, 0.717) is 11.3 Å². The van der Waals surface area contributed by atoms with Gasteiger partial charge in [0, 0.05) is 6.54 Å². The first-order valence-electron chi connectivity index (χ1n) is 7.77. The quantitative estimate of drug-likeness (QED) is 0.758. The largest absolute Gasteiger partial charge is 0.496 e. The molecule has 24 heavy (non-hydrogen) atoms. The van der Waals surface area contributed by atoms with E-state index in [1.165, 1.54) is 7.11 Å². The Labute approximate surface area is 140 Å². The van der Waals surface area contributed by atoms with Crippen molar-refractivity contribution < 1.29 is 14.6 Å². The van der Waals surface area contributed by atoms with Gasteiger partial charge < -0.3 is 15.2 Å². The predicted octanol–water partition coefficient (Wildman–Crippen LogP) is 3.31. The molecule has 0 unspecified atom stereocenters. The van der Waals surface area contributed by atoms with E-state index in [1.54, 1.807) is 24.3 Å². The molecule has 0 saturated carbocycles. The summed E-state index contributed by atoms with van der Waals surface area (Å²) in [5.74, 6) is 0.237. The van der Waals surface area contributed by atoms with Crippen LogP contribution in [0.5, 0.6) is 5.75 Å². The van der Waals surface area contributed by atoms with Crippen molar-refractivity contribution in [3.63, 3.8) is 0 Å². The Kier molecular flexibility index (Phi) is 4.77. The van der Waals surface area contributed by atoms with Crippen molar-refractivity contribution in [2.45, 2.75) is 6.10 Å². The summed E-state index contributed by atoms with van der Waals surface area (Å²) in [6.07, 6.45) is -0.783. The zero-order chi connectivity index (χ0) is 16.9. The van der Waals surface area contributed by atoms with Crippen molar-refractivity contribution >= 4 is 16.7 Å². The van der Waals surface area contributed by atoms with Gasteiger partial charge in [-0.05, 0) is 28.5 Å². The van der Waals surface area contributed by atoms with Crippen LogP contribution in [0.15, 0.2) is 66.7 Å². The molecule has 4 nitrogen and oxygen atoms in total. The molecule has 0 fully saturated rings. The summed E-state index contributed by atoms with van der Waals surface area (Å²) < 4.78 is 5.19. The molecule has 0 aliphatic rings. The van der Waals surface area contributed by atoms with E-state index in [2.05, 4.69) is 5.32 Å². The molecule has 4 heteroatoms. The molecule has 0 aliphatic carbocycles. The number of amides is 1. The highest BCUT2D eigenvalue weighted by atomic mass is 16.5. The number of hydrogen-bond acceptors (Lipinski definition) is 3. The van der Waals surface area contributed by atoms with Crippen LogP contribution in [-0.4, -0.2) is 24.7 Å². The van der Waals surface area contributed by atoms with E-state index in [0.717, 1.165) is 16.3 Å². The molecule has 0 aromatic heterocycles. The minimum absolute atomic E-state index is 0.130. The van der Waals surface area contributed by atoms with Crippen molar-refractivity contribution in [2.24, 2.45) is 0 Å². The van der Waals surface area contributed by atoms with Crippen LogP contribution in [0.1, 0.15) is 22.0 Å². The fraction of sp³-hybridized carbons (Fsp3) is 0.150. The van der Waals surface area contributed by atoms with Crippen molar-refractivity contribution in [1.29, 1.82) is 0 Å². The summed E-state index contributed by atoms with van der Waals surface area (Å²) in [5, 5.41) is 15.3. The van der Waals surface area contributed by atoms with Crippen LogP contribution in [0.2, 0.25) is 0 Å². The highest BCUT2D eigenvalue weighted by molar-refractivity contribution is 5.97. The number of fused-ring (bicyclic) bond motifs is 1. The van der Waals surface area contributed by atoms with Crippen LogP contribution >= 0.6 is 0 Å². The molecule has 0 heterocycles. The Morgan fingerprint density at radius 1 is 1.04 bits per heavy atom. The molecule has 3 rings (SSSR count). The highest BCUT2D eigenvalue weighted by Gasteiger charge is 2.15. The standard InChI is InChI=1S/C20H19NO3/c1-24-19-12-5-4-10-17(19)20(23)21-13-18(22)16-11-6-8-14-7-2-3-9-15(14)16/h2-12,18,22H,13H2,1H3,(H,21,23)/t18-/m0/s1. The Balaban J connectivity index is 1.75. The summed E-state index contributed by atoms with van der Waals surface area (Å²) >= 11 is 0. The van der Waals surface area contributed by atoms with Gasteiger partial charge in [0.25, 0.3) is 5.91 Å². The molecule has 0 saturated heterocycles. The third-order valence-electron chi connectivity index (χ3n) is 3.99. The van der Waals surface area contributed by atoms with Gasteiger partial charge in [-0.3, -0.25) is 4.79 Å². The third kappa shape index (κ3) is 3.24. The number of hydrogen-bond donors (Lipinski definition) is 2. The van der Waals surface area contributed by atoms with E-state index in [1.807, 2.05) is 42.5 Å². The van der Waals surface area contributed by atoms with Crippen molar-refractivity contribution in [2.75, 3.05) is 13.7 Å². The average Bonchev–Trinajstić information content (AvgIpc) is 2.65. The molecule has 0 spiro atoms. The summed E-state index contributed by atoms with van der Waals surface area (Å²) in [6, 6.07) is 20.7. The van der Waals surface area contributed by atoms with E-state index in [-0.39, 0.29) is 12.5 Å². The minimum atomic E-state index is -0.783. The van der Waals surface area contributed by atoms with Gasteiger partial charge in [0.15, 0.2) is 0 Å². The minimum Gasteiger partial charge on any atom is -0.496 e. The average molecular weight is 321 g/mol. The molecule has 122 valence electrons. The maximum atomic E-state index is 12.3. The van der Waals surface area contributed by atoms with Crippen LogP contribution in [0.3, 0.4) is 0 Å². The predicted molar refractivity (Wildman–Crippen MR) is 94.2 cm³/mol. The van der Waals surface area contributed by atoms with Gasteiger partial charge in [-0.1, -0.05) is 54.6 Å². The van der Waals surface area contributed by atoms with Gasteiger partial charge >= 0.3 is 0 Å². The number of methoxy groups -OCH3 is 1. The lowest BCUT2D eigenvalue weighted by Gasteiger charge is -2.15. The summed E-state index contributed by atoms with van der Waals surface area (Å²) in [4.78, 5) is 12.3. The van der Waals surface area contributed by atoms with E-state index < -0.39 is 6.10 Å². The van der Waals surface area contributed by atoms with Gasteiger partial charge in [-0.15, -0.1) is 0 Å². The number of benzene rings is 3. The zero-order valence-corrected chi connectivity index (χ0v) is 13.4. The van der Waals surface area contributed by atoms with E-state index in [4.69, 9.17) is 4.74 Å². The van der Waals surface area contributed by atoms with Gasteiger partial charge in [0.1, 0.15) is 5.75 Å². The first kappa shape index (κ1) is 16.0. The van der Waals surface area contributed by atoms with E-state index in [9.17, 15) is 9.90 Å². The Hall–Kier alpha value is -2.85. The fourth-order valence-corrected chi connectivity index (χ4v) is 2.77. The lowest BCUT2D eigenvalue weighted by molar-refractivity contribution is 0.0914. The van der Waals surface area contributed by atoms with Crippen LogP contribution < -0.4 is 10.1 Å². The number of nitrogens with one attached hydrogen (secondary N) is 1. The molecule has 2 N–H and O–H groups in total. The lowest BCUT2D eigenvalue weighted by Crippen LogP contribution is -2.28. The molecule has 0 radical (unpaired) electrons. The van der Waals surface area contributed by atoms with Gasteiger partial charge in [-0.25, -0.2) is 0 Å². The third-order valence-corrected chi connectivity index (χ3v) is 3.99. The monoisotopic (exact) mass is 321 g/mol. The van der Waals surface area contributed by atoms with Crippen LogP contribution in [0.4, 0.5) is 0 Å². The topological polar surface area (TPSA) is 58.6 Å². The molecular weight excluding hydrogens is 302 g/mol. The molecular formula is C20H19NO3. The number of carbonyl (C=O) groups excluding carboxylic acids is 1. The van der Waals surface area contributed by atoms with Crippen molar-refractivity contribution in [1.82, 2.24) is 5.32 Å². The normalized spacial score (nSPS) is 11.9. The lowest BCUT2D eigenvalue weighted by atomic mass is 10.0. The maximum Gasteiger partial charge on any atom is 0.255 e. The zero-order valence-electron chi connectivity index (χ0n) is 13.4. The van der Waals surface area contributed by atoms with Crippen LogP contribution in [0, 0.1) is 0 Å². The summed E-state index contributed by atoms with van der Waals surface area (Å²) in [7, 11) is 1.52. The molecule has 1 atom stereocenters. The summed E-state index contributed by atoms with van der Waals surface area (Å²) in [6.45, 7) is 0.130. The van der Waals surface area contributed by atoms with Gasteiger partial charge in [0.2, 0.25) is 0 Å². The second-order valence-corrected chi connectivity index (χ2v) is 5.49. The van der Waals surface area contributed by atoms with E-state index >= 15 is 0 Å². The molecule has 3 aromatic rings. The van der Waals surface area contributed by atoms with Crippen molar-refractivity contribution in [3.05, 3.63) is 77.9 Å². The fourth-order valence-electron chi connectivity index (χ4n) is 2.77. The van der Waals surface area contributed by atoms with Crippen LogP contribution in [0.25, 0.3) is 10.8 Å². The first-order valence-corrected chi connectivity index (χ1v) is 7.77. The van der Waals surface area contributed by atoms with Crippen LogP contribution in [-0.2, 0) is 0 Å². The molecule has 3 aromatic carbocycles. The molecule has 0 bridgehead atoms. The SMILES string of the molecule is COc1ccccc1C(=O)NC[C@H](O)c1cccc2ccccc12. The second kappa shape index (κ2) is 7.15. The number of ether oxygens (including phenoxy) is 1. The van der Waals surface area contributed by atoms with Gasteiger partial charge in [0.05, 0.1) is 18.8 Å². The smallest absolute Gasteiger partial charge is 0.255 e. The number of carbonyl (C=O) groups is 1. The number of rotatable bonds is 5. The maximum absolute atomic E-state index is 12.3. The molecule has 1 amide bonds. The first-order chi connectivity index (χ1) is 11.7. The van der Waals surface area contributed by atoms with Crippen molar-refractivity contribution in [3.8, 4) is 5.75 Å². The number of para-hydroxylation sites is 1. The number of aliphatic hydroxyl groups excluding tert-OH is 1.